The molecule has 0 aliphatic carbocycles. The zero-order valence-corrected chi connectivity index (χ0v) is 20.0. The molecular weight excluding hydrogens is 472 g/mol. The van der Waals surface area contributed by atoms with Crippen LogP contribution in [0.15, 0.2) is 64.2 Å². The van der Waals surface area contributed by atoms with Crippen LogP contribution in [-0.2, 0) is 16.1 Å². The Morgan fingerprint density at radius 1 is 1.11 bits per heavy atom. The number of likely N-dealkylation sites (tertiary alicyclic amines) is 1. The number of hydrogen-bond acceptors (Lipinski definition) is 6. The minimum atomic E-state index is -0.801. The van der Waals surface area contributed by atoms with Crippen LogP contribution in [0.25, 0.3) is 5.69 Å². The van der Waals surface area contributed by atoms with Gasteiger partial charge < -0.3 is 9.64 Å². The van der Waals surface area contributed by atoms with Crippen molar-refractivity contribution in [2.24, 2.45) is 5.92 Å². The van der Waals surface area contributed by atoms with Gasteiger partial charge in [0.05, 0.1) is 24.8 Å². The monoisotopic (exact) mass is 496 g/mol. The van der Waals surface area contributed by atoms with E-state index in [1.165, 1.54) is 4.90 Å². The topological polar surface area (TPSA) is 104 Å². The molecule has 1 aliphatic rings. The van der Waals surface area contributed by atoms with Gasteiger partial charge in [0.25, 0.3) is 11.5 Å². The first-order valence-corrected chi connectivity index (χ1v) is 11.8. The second kappa shape index (κ2) is 10.7. The highest BCUT2D eigenvalue weighted by atomic mass is 35.5. The van der Waals surface area contributed by atoms with Gasteiger partial charge in [0, 0.05) is 18.1 Å². The Hall–Kier alpha value is -3.72. The number of rotatable bonds is 6. The molecule has 0 N–H and O–H groups in total. The molecule has 0 saturated carbocycles. The van der Waals surface area contributed by atoms with Crippen LogP contribution in [-0.4, -0.2) is 50.8 Å². The van der Waals surface area contributed by atoms with Crippen molar-refractivity contribution in [1.82, 2.24) is 19.2 Å². The molecule has 0 spiro atoms. The Labute approximate surface area is 206 Å². The molecule has 9 nitrogen and oxygen atoms in total. The van der Waals surface area contributed by atoms with Crippen molar-refractivity contribution in [3.05, 3.63) is 91.7 Å². The summed E-state index contributed by atoms with van der Waals surface area (Å²) < 4.78 is 7.14. The highest BCUT2D eigenvalue weighted by molar-refractivity contribution is 6.30. The molecule has 1 saturated heterocycles. The molecule has 1 aliphatic heterocycles. The van der Waals surface area contributed by atoms with Gasteiger partial charge in [0.2, 0.25) is 5.69 Å². The van der Waals surface area contributed by atoms with Gasteiger partial charge in [0.1, 0.15) is 0 Å². The molecule has 0 bridgehead atoms. The van der Waals surface area contributed by atoms with Gasteiger partial charge in [-0.1, -0.05) is 41.9 Å². The van der Waals surface area contributed by atoms with E-state index in [1.807, 2.05) is 0 Å². The second-order valence-corrected chi connectivity index (χ2v) is 8.68. The normalized spacial score (nSPS) is 15.6. The highest BCUT2D eigenvalue weighted by Crippen LogP contribution is 2.19. The van der Waals surface area contributed by atoms with E-state index in [1.54, 1.807) is 61.5 Å². The molecule has 35 heavy (non-hydrogen) atoms. The molecule has 2 aromatic carbocycles. The standard InChI is InChI=1S/C25H25ClN4O5/c1-2-35-24(33)18-9-7-13-28(16-18)22(31)21-23(32)29(15-17-8-6-10-19(26)14-17)25(34)30(27-21)20-11-4-3-5-12-20/h3-6,8,10-12,14,18H,2,7,9,13,15-16H2,1H3/t18-/m0/s1. The summed E-state index contributed by atoms with van der Waals surface area (Å²) in [4.78, 5) is 53.8. The van der Waals surface area contributed by atoms with Gasteiger partial charge in [-0.05, 0) is 49.6 Å². The highest BCUT2D eigenvalue weighted by Gasteiger charge is 2.32. The third kappa shape index (κ3) is 5.35. The molecule has 1 aromatic heterocycles. The first-order chi connectivity index (χ1) is 16.9. The van der Waals surface area contributed by atoms with E-state index in [2.05, 4.69) is 5.10 Å². The fraction of sp³-hybridized carbons (Fsp3) is 0.320. The average Bonchev–Trinajstić information content (AvgIpc) is 2.87. The quantitative estimate of drug-likeness (QED) is 0.486. The maximum Gasteiger partial charge on any atom is 0.352 e. The minimum Gasteiger partial charge on any atom is -0.466 e. The predicted octanol–water partition coefficient (Wildman–Crippen LogP) is 2.51. The second-order valence-electron chi connectivity index (χ2n) is 8.24. The van der Waals surface area contributed by atoms with Crippen LogP contribution in [0.2, 0.25) is 5.02 Å². The Balaban J connectivity index is 1.77. The van der Waals surface area contributed by atoms with Crippen LogP contribution in [0.1, 0.15) is 35.8 Å². The molecule has 3 aromatic rings. The first kappa shape index (κ1) is 24.4. The average molecular weight is 497 g/mol. The van der Waals surface area contributed by atoms with Crippen LogP contribution >= 0.6 is 11.6 Å². The van der Waals surface area contributed by atoms with Gasteiger partial charge in [-0.2, -0.15) is 9.78 Å². The Morgan fingerprint density at radius 3 is 2.60 bits per heavy atom. The van der Waals surface area contributed by atoms with E-state index >= 15 is 0 Å². The number of hydrogen-bond donors (Lipinski definition) is 0. The number of carbonyl (C=O) groups excluding carboxylic acids is 2. The minimum absolute atomic E-state index is 0.0840. The van der Waals surface area contributed by atoms with Gasteiger partial charge >= 0.3 is 11.7 Å². The van der Waals surface area contributed by atoms with E-state index in [-0.39, 0.29) is 31.4 Å². The van der Waals surface area contributed by atoms with Crippen molar-refractivity contribution in [3.63, 3.8) is 0 Å². The third-order valence-corrected chi connectivity index (χ3v) is 6.06. The fourth-order valence-electron chi connectivity index (χ4n) is 4.11. The lowest BCUT2D eigenvalue weighted by Crippen LogP contribution is -2.49. The fourth-order valence-corrected chi connectivity index (χ4v) is 4.32. The lowest BCUT2D eigenvalue weighted by Gasteiger charge is -2.31. The number of para-hydroxylation sites is 1. The van der Waals surface area contributed by atoms with E-state index < -0.39 is 23.1 Å². The smallest absolute Gasteiger partial charge is 0.352 e. The molecule has 1 atom stereocenters. The lowest BCUT2D eigenvalue weighted by atomic mass is 9.98. The zero-order valence-electron chi connectivity index (χ0n) is 19.2. The van der Waals surface area contributed by atoms with E-state index in [0.29, 0.717) is 35.7 Å². The number of ether oxygens (including phenoxy) is 1. The van der Waals surface area contributed by atoms with Crippen molar-refractivity contribution < 1.29 is 14.3 Å². The molecule has 10 heteroatoms. The third-order valence-electron chi connectivity index (χ3n) is 5.82. The lowest BCUT2D eigenvalue weighted by molar-refractivity contribution is -0.149. The zero-order chi connectivity index (χ0) is 24.9. The van der Waals surface area contributed by atoms with Gasteiger partial charge in [-0.25, -0.2) is 4.79 Å². The number of nitrogens with zero attached hydrogens (tertiary/aromatic N) is 4. The molecule has 1 amide bonds. The van der Waals surface area contributed by atoms with Crippen molar-refractivity contribution in [3.8, 4) is 5.69 Å². The molecular formula is C25H25ClN4O5. The number of halogens is 1. The van der Waals surface area contributed by atoms with Crippen LogP contribution in [0, 0.1) is 5.92 Å². The molecule has 182 valence electrons. The summed E-state index contributed by atoms with van der Waals surface area (Å²) in [6.45, 7) is 2.38. The summed E-state index contributed by atoms with van der Waals surface area (Å²) >= 11 is 6.08. The number of esters is 1. The number of piperidine rings is 1. The summed E-state index contributed by atoms with van der Waals surface area (Å²) in [7, 11) is 0. The van der Waals surface area contributed by atoms with Crippen molar-refractivity contribution >= 4 is 23.5 Å². The maximum absolute atomic E-state index is 13.5. The molecule has 2 heterocycles. The molecule has 4 rings (SSSR count). The summed E-state index contributed by atoms with van der Waals surface area (Å²) in [6.07, 6.45) is 1.18. The van der Waals surface area contributed by atoms with Crippen molar-refractivity contribution in [2.45, 2.75) is 26.3 Å². The SMILES string of the molecule is CCOC(=O)[C@H]1CCCN(C(=O)c2nn(-c3ccccc3)c(=O)n(Cc3cccc(Cl)c3)c2=O)C1. The Morgan fingerprint density at radius 2 is 1.89 bits per heavy atom. The van der Waals surface area contributed by atoms with E-state index in [0.717, 1.165) is 9.25 Å². The Kier molecular flexibility index (Phi) is 7.45. The number of carbonyl (C=O) groups is 2. The van der Waals surface area contributed by atoms with Gasteiger partial charge in [-0.15, -0.1) is 0 Å². The molecule has 1 fully saturated rings. The number of benzene rings is 2. The predicted molar refractivity (Wildman–Crippen MR) is 130 cm³/mol. The van der Waals surface area contributed by atoms with Crippen LogP contribution in [0.4, 0.5) is 0 Å². The first-order valence-electron chi connectivity index (χ1n) is 11.4. The van der Waals surface area contributed by atoms with Gasteiger partial charge in [-0.3, -0.25) is 19.0 Å². The van der Waals surface area contributed by atoms with Crippen LogP contribution in [0.3, 0.4) is 0 Å². The Bertz CT molecular complexity index is 1350. The number of amides is 1. The largest absolute Gasteiger partial charge is 0.466 e. The maximum atomic E-state index is 13.5. The van der Waals surface area contributed by atoms with Crippen LogP contribution in [0.5, 0.6) is 0 Å². The molecule has 0 unspecified atom stereocenters. The van der Waals surface area contributed by atoms with E-state index in [9.17, 15) is 19.2 Å². The molecule has 0 radical (unpaired) electrons. The van der Waals surface area contributed by atoms with Crippen molar-refractivity contribution in [1.29, 1.82) is 0 Å². The summed E-state index contributed by atoms with van der Waals surface area (Å²) in [5, 5.41) is 4.64. The summed E-state index contributed by atoms with van der Waals surface area (Å²) in [5.74, 6) is -1.47. The van der Waals surface area contributed by atoms with Crippen LogP contribution < -0.4 is 11.2 Å². The van der Waals surface area contributed by atoms with E-state index in [4.69, 9.17) is 16.3 Å². The summed E-state index contributed by atoms with van der Waals surface area (Å²) in [6, 6.07) is 15.4. The van der Waals surface area contributed by atoms with Gasteiger partial charge in [0.15, 0.2) is 0 Å². The van der Waals surface area contributed by atoms with Crippen molar-refractivity contribution in [2.75, 3.05) is 19.7 Å². The number of aromatic nitrogens is 3. The summed E-state index contributed by atoms with van der Waals surface area (Å²) in [5.41, 5.74) is -0.832.